The topological polar surface area (TPSA) is 215 Å². The first kappa shape index (κ1) is 48.4. The van der Waals surface area contributed by atoms with Gasteiger partial charge in [0.15, 0.2) is 0 Å². The molecule has 4 aromatic carbocycles. The highest BCUT2D eigenvalue weighted by Crippen LogP contribution is 2.41. The summed E-state index contributed by atoms with van der Waals surface area (Å²) in [5.74, 6) is 0.411. The van der Waals surface area contributed by atoms with Gasteiger partial charge in [0.05, 0.1) is 54.5 Å². The van der Waals surface area contributed by atoms with Crippen molar-refractivity contribution in [3.8, 4) is 11.1 Å². The lowest BCUT2D eigenvalue weighted by Gasteiger charge is -2.30. The van der Waals surface area contributed by atoms with Crippen LogP contribution in [0, 0.1) is 0 Å². The van der Waals surface area contributed by atoms with Crippen LogP contribution >= 0.6 is 34.6 Å². The Labute approximate surface area is 434 Å². The SMILES string of the molecule is O=C(C1c2ccccc2CN1S(=O)(=O)c1ccc2[nH]c(=O)ccc2c1)N(Cc1ccco1)Cc1cc(-c2coc(CN(Cc3cccs3)C(=O)[C@@H](NSc3ccc4[nH]c(=O)[nH]c(=O)c4c3)c3ccccc3)c2)cs1. The molecule has 1 aliphatic heterocycles. The lowest BCUT2D eigenvalue weighted by molar-refractivity contribution is -0.137. The second-order valence-corrected chi connectivity index (χ2v) is 22.4. The number of aromatic nitrogens is 3. The van der Waals surface area contributed by atoms with E-state index >= 15 is 4.79 Å². The van der Waals surface area contributed by atoms with Crippen molar-refractivity contribution in [2.24, 2.45) is 0 Å². The average Bonchev–Trinajstić information content (AvgIpc) is 4.28. The molecule has 1 aliphatic rings. The maximum absolute atomic E-state index is 15.1. The first-order valence-electron chi connectivity index (χ1n) is 23.2. The fourth-order valence-electron chi connectivity index (χ4n) is 9.08. The molecule has 0 bridgehead atoms. The summed E-state index contributed by atoms with van der Waals surface area (Å²) in [6, 6.07) is 38.3. The van der Waals surface area contributed by atoms with Gasteiger partial charge in [-0.05, 0) is 123 Å². The van der Waals surface area contributed by atoms with Crippen molar-refractivity contribution >= 4 is 78.3 Å². The van der Waals surface area contributed by atoms with Crippen LogP contribution in [0.2, 0.25) is 0 Å². The Hall–Kier alpha value is -7.85. The van der Waals surface area contributed by atoms with Crippen molar-refractivity contribution in [1.29, 1.82) is 0 Å². The normalized spacial score (nSPS) is 14.1. The molecule has 0 aliphatic carbocycles. The van der Waals surface area contributed by atoms with Gasteiger partial charge in [-0.15, -0.1) is 22.7 Å². The van der Waals surface area contributed by atoms with Crippen LogP contribution in [-0.4, -0.2) is 49.3 Å². The zero-order chi connectivity index (χ0) is 50.9. The molecule has 0 radical (unpaired) electrons. The Morgan fingerprint density at radius 1 is 0.730 bits per heavy atom. The van der Waals surface area contributed by atoms with Crippen molar-refractivity contribution in [2.75, 3.05) is 0 Å². The largest absolute Gasteiger partial charge is 0.467 e. The van der Waals surface area contributed by atoms with E-state index in [1.165, 1.54) is 63.4 Å². The van der Waals surface area contributed by atoms with Crippen molar-refractivity contribution in [3.05, 3.63) is 232 Å². The zero-order valence-corrected chi connectivity index (χ0v) is 42.2. The molecular formula is C54H43N7O9S4. The molecule has 10 aromatic rings. The van der Waals surface area contributed by atoms with Crippen LogP contribution in [0.25, 0.3) is 32.9 Å². The van der Waals surface area contributed by atoms with E-state index in [-0.39, 0.29) is 42.5 Å². The third-order valence-electron chi connectivity index (χ3n) is 12.7. The van der Waals surface area contributed by atoms with Crippen molar-refractivity contribution in [2.45, 2.75) is 54.6 Å². The third-order valence-corrected chi connectivity index (χ3v) is 17.1. The van der Waals surface area contributed by atoms with Gasteiger partial charge < -0.3 is 28.6 Å². The van der Waals surface area contributed by atoms with E-state index < -0.39 is 39.3 Å². The Morgan fingerprint density at radius 2 is 1.54 bits per heavy atom. The molecule has 0 fully saturated rings. The number of nitrogens with zero attached hydrogens (tertiary/aromatic N) is 3. The summed E-state index contributed by atoms with van der Waals surface area (Å²) in [4.78, 5) is 79.8. The summed E-state index contributed by atoms with van der Waals surface area (Å²) in [7, 11) is -4.26. The van der Waals surface area contributed by atoms with Gasteiger partial charge >= 0.3 is 5.69 Å². The van der Waals surface area contributed by atoms with Crippen LogP contribution in [-0.2, 0) is 52.3 Å². The van der Waals surface area contributed by atoms with E-state index in [0.29, 0.717) is 55.9 Å². The van der Waals surface area contributed by atoms with E-state index in [0.717, 1.165) is 26.4 Å². The number of aromatic amines is 3. The summed E-state index contributed by atoms with van der Waals surface area (Å²) < 4.78 is 45.8. The van der Waals surface area contributed by atoms with Gasteiger partial charge in [-0.25, -0.2) is 17.9 Å². The molecule has 11 rings (SSSR count). The number of pyridine rings is 1. The first-order chi connectivity index (χ1) is 35.9. The highest BCUT2D eigenvalue weighted by atomic mass is 32.2. The van der Waals surface area contributed by atoms with Gasteiger partial charge in [-0.1, -0.05) is 60.7 Å². The fraction of sp³-hybridized carbons (Fsp3) is 0.130. The molecule has 1 unspecified atom stereocenters. The lowest BCUT2D eigenvalue weighted by Crippen LogP contribution is -2.41. The van der Waals surface area contributed by atoms with Gasteiger partial charge in [0.1, 0.15) is 23.6 Å². The summed E-state index contributed by atoms with van der Waals surface area (Å²) in [6.45, 7) is 0.624. The molecule has 2 atom stereocenters. The predicted molar refractivity (Wildman–Crippen MR) is 283 cm³/mol. The second-order valence-electron chi connectivity index (χ2n) is 17.6. The maximum Gasteiger partial charge on any atom is 0.326 e. The Bertz CT molecular complexity index is 3980. The molecule has 2 amide bonds. The molecule has 16 nitrogen and oxygen atoms in total. The highest BCUT2D eigenvalue weighted by molar-refractivity contribution is 7.97. The standard InChI is InChI=1S/C54H43N7O9S4/c62-48-19-14-34-24-43(16-18-46(34)55-48)74(67,68)61-26-35-10-4-5-13-44(35)50(61)53(65)60(27-38-11-6-20-69-38)30-42-23-37(32-72-42)36-22-39(70-31-36)28-59(29-41-12-7-21-71-41)52(64)49(33-8-2-1-3-9-33)58-73-40-15-17-47-45(25-40)51(63)57-54(66)56-47/h1-25,31-32,49-50,58H,26-30H2,(H,55,62)(H2,56,57,63,66)/t49-,50?/m0/s1. The number of fused-ring (bicyclic) bond motifs is 3. The van der Waals surface area contributed by atoms with Crippen LogP contribution < -0.4 is 21.5 Å². The van der Waals surface area contributed by atoms with E-state index in [1.807, 2.05) is 77.5 Å². The number of nitrogens with one attached hydrogen (secondary N) is 4. The van der Waals surface area contributed by atoms with E-state index in [2.05, 4.69) is 19.7 Å². The summed E-state index contributed by atoms with van der Waals surface area (Å²) in [5, 5.41) is 4.76. The molecular weight excluding hydrogens is 1020 g/mol. The van der Waals surface area contributed by atoms with E-state index in [4.69, 9.17) is 8.83 Å². The fourth-order valence-corrected chi connectivity index (χ4v) is 13.1. The number of hydrogen-bond acceptors (Lipinski definition) is 13. The van der Waals surface area contributed by atoms with Crippen molar-refractivity contribution in [1.82, 2.24) is 33.8 Å². The quantitative estimate of drug-likeness (QED) is 0.0631. The molecule has 20 heteroatoms. The molecule has 4 N–H and O–H groups in total. The number of carbonyl (C=O) groups is 2. The number of carbonyl (C=O) groups excluding carboxylic acids is 2. The van der Waals surface area contributed by atoms with Crippen LogP contribution in [0.1, 0.15) is 50.0 Å². The lowest BCUT2D eigenvalue weighted by atomic mass is 10.0. The zero-order valence-electron chi connectivity index (χ0n) is 38.9. The number of furan rings is 2. The van der Waals surface area contributed by atoms with Gasteiger partial charge in [-0.3, -0.25) is 24.2 Å². The van der Waals surface area contributed by atoms with Crippen molar-refractivity contribution in [3.63, 3.8) is 0 Å². The van der Waals surface area contributed by atoms with Gasteiger partial charge in [0, 0.05) is 38.3 Å². The maximum atomic E-state index is 15.1. The van der Waals surface area contributed by atoms with Gasteiger partial charge in [0.25, 0.3) is 5.56 Å². The number of benzene rings is 4. The average molecular weight is 1060 g/mol. The molecule has 0 saturated carbocycles. The third kappa shape index (κ3) is 10.1. The number of rotatable bonds is 17. The summed E-state index contributed by atoms with van der Waals surface area (Å²) >= 11 is 4.17. The molecule has 372 valence electrons. The van der Waals surface area contributed by atoms with Crippen LogP contribution in [0.15, 0.2) is 196 Å². The smallest absolute Gasteiger partial charge is 0.326 e. The van der Waals surface area contributed by atoms with Crippen LogP contribution in [0.3, 0.4) is 0 Å². The van der Waals surface area contributed by atoms with E-state index in [1.54, 1.807) is 70.7 Å². The summed E-state index contributed by atoms with van der Waals surface area (Å²) in [5.41, 5.74) is 3.09. The Morgan fingerprint density at radius 3 is 2.36 bits per heavy atom. The number of sulfonamides is 1. The highest BCUT2D eigenvalue weighted by Gasteiger charge is 2.45. The number of thiophene rings is 2. The first-order valence-corrected chi connectivity index (χ1v) is 27.2. The predicted octanol–water partition coefficient (Wildman–Crippen LogP) is 9.08. The number of hydrogen-bond donors (Lipinski definition) is 4. The summed E-state index contributed by atoms with van der Waals surface area (Å²) in [6.07, 6.45) is 3.17. The number of H-pyrrole nitrogens is 3. The van der Waals surface area contributed by atoms with Crippen LogP contribution in [0.4, 0.5) is 0 Å². The van der Waals surface area contributed by atoms with Gasteiger partial charge in [-0.2, -0.15) is 4.31 Å². The Balaban J connectivity index is 0.846. The molecule has 0 saturated heterocycles. The van der Waals surface area contributed by atoms with E-state index in [9.17, 15) is 27.6 Å². The Kier molecular flexibility index (Phi) is 13.5. The van der Waals surface area contributed by atoms with Crippen LogP contribution in [0.5, 0.6) is 0 Å². The minimum atomic E-state index is -4.26. The minimum Gasteiger partial charge on any atom is -0.467 e. The monoisotopic (exact) mass is 1060 g/mol. The number of amides is 2. The molecule has 74 heavy (non-hydrogen) atoms. The van der Waals surface area contributed by atoms with Gasteiger partial charge in [0.2, 0.25) is 27.4 Å². The van der Waals surface area contributed by atoms with Crippen molar-refractivity contribution < 1.29 is 26.8 Å². The molecule has 7 heterocycles. The molecule has 0 spiro atoms. The minimum absolute atomic E-state index is 0.00820. The molecule has 6 aromatic heterocycles. The second kappa shape index (κ2) is 20.6.